The molecule has 17 heavy (non-hydrogen) atoms. The lowest BCUT2D eigenvalue weighted by Crippen LogP contribution is -2.53. The van der Waals surface area contributed by atoms with E-state index in [4.69, 9.17) is 11.6 Å². The molecule has 1 aliphatic rings. The maximum absolute atomic E-state index is 9.25. The van der Waals surface area contributed by atoms with Crippen molar-refractivity contribution in [2.75, 3.05) is 11.4 Å². The van der Waals surface area contributed by atoms with Gasteiger partial charge in [0.1, 0.15) is 0 Å². The molecule has 0 N–H and O–H groups in total. The number of nitrogens with zero attached hydrogens (tertiary/aromatic N) is 2. The lowest BCUT2D eigenvalue weighted by molar-refractivity contribution is 0.292. The quantitative estimate of drug-likeness (QED) is 0.755. The van der Waals surface area contributed by atoms with Gasteiger partial charge in [-0.25, -0.2) is 0 Å². The zero-order valence-corrected chi connectivity index (χ0v) is 11.0. The Balaban J connectivity index is 2.39. The fraction of sp³-hybridized carbons (Fsp3) is 0.500. The molecule has 0 aliphatic carbocycles. The number of nitriles is 1. The Morgan fingerprint density at radius 2 is 2.12 bits per heavy atom. The molecule has 1 unspecified atom stereocenters. The normalized spacial score (nSPS) is 23.2. The number of rotatable bonds is 1. The molecule has 1 fully saturated rings. The van der Waals surface area contributed by atoms with E-state index in [1.54, 1.807) is 0 Å². The van der Waals surface area contributed by atoms with E-state index < -0.39 is 0 Å². The molecule has 1 aromatic carbocycles. The van der Waals surface area contributed by atoms with Crippen LogP contribution in [0.15, 0.2) is 24.3 Å². The summed E-state index contributed by atoms with van der Waals surface area (Å²) < 4.78 is 0. The summed E-state index contributed by atoms with van der Waals surface area (Å²) in [5.74, 6) is 0.0625. The van der Waals surface area contributed by atoms with Gasteiger partial charge in [-0.3, -0.25) is 0 Å². The molecule has 2 rings (SSSR count). The standard InChI is InChI=1S/C14H17ClN2/c1-14(2)11(10-16)6-5-9-17(14)13-8-4-3-7-12(13)15/h3-4,7-8,11H,5-6,9H2,1-2H3. The van der Waals surface area contributed by atoms with Crippen molar-refractivity contribution in [1.82, 2.24) is 0 Å². The molecule has 2 nitrogen and oxygen atoms in total. The van der Waals surface area contributed by atoms with E-state index in [1.165, 1.54) is 0 Å². The van der Waals surface area contributed by atoms with Crippen LogP contribution in [0.5, 0.6) is 0 Å². The predicted octanol–water partition coefficient (Wildman–Crippen LogP) is 3.86. The minimum atomic E-state index is -0.155. The molecule has 1 atom stereocenters. The number of anilines is 1. The third kappa shape index (κ3) is 2.12. The molecule has 1 saturated heterocycles. The molecule has 1 aliphatic heterocycles. The van der Waals surface area contributed by atoms with Crippen LogP contribution in [0.2, 0.25) is 5.02 Å². The highest BCUT2D eigenvalue weighted by atomic mass is 35.5. The first-order valence-electron chi connectivity index (χ1n) is 5.99. The minimum absolute atomic E-state index is 0.0625. The van der Waals surface area contributed by atoms with E-state index in [2.05, 4.69) is 24.8 Å². The van der Waals surface area contributed by atoms with Crippen molar-refractivity contribution in [3.8, 4) is 6.07 Å². The molecular formula is C14H17ClN2. The fourth-order valence-corrected chi connectivity index (χ4v) is 2.84. The van der Waals surface area contributed by atoms with Crippen molar-refractivity contribution >= 4 is 17.3 Å². The van der Waals surface area contributed by atoms with Gasteiger partial charge in [-0.1, -0.05) is 23.7 Å². The third-order valence-electron chi connectivity index (χ3n) is 3.72. The molecular weight excluding hydrogens is 232 g/mol. The van der Waals surface area contributed by atoms with Crippen LogP contribution in [0.25, 0.3) is 0 Å². The van der Waals surface area contributed by atoms with Gasteiger partial charge < -0.3 is 4.90 Å². The maximum Gasteiger partial charge on any atom is 0.0690 e. The monoisotopic (exact) mass is 248 g/mol. The molecule has 1 aromatic rings. The summed E-state index contributed by atoms with van der Waals surface area (Å²) in [4.78, 5) is 2.27. The van der Waals surface area contributed by atoms with E-state index in [-0.39, 0.29) is 11.5 Å². The van der Waals surface area contributed by atoms with Gasteiger partial charge in [0.05, 0.1) is 28.2 Å². The van der Waals surface area contributed by atoms with Crippen LogP contribution >= 0.6 is 11.6 Å². The van der Waals surface area contributed by atoms with Crippen LogP contribution in [0.1, 0.15) is 26.7 Å². The summed E-state index contributed by atoms with van der Waals surface area (Å²) >= 11 is 6.25. The number of hydrogen-bond acceptors (Lipinski definition) is 2. The van der Waals surface area contributed by atoms with Gasteiger partial charge in [0, 0.05) is 6.54 Å². The van der Waals surface area contributed by atoms with Crippen LogP contribution in [0, 0.1) is 17.2 Å². The average molecular weight is 249 g/mol. The number of hydrogen-bond donors (Lipinski definition) is 0. The maximum atomic E-state index is 9.25. The Morgan fingerprint density at radius 1 is 1.41 bits per heavy atom. The van der Waals surface area contributed by atoms with E-state index in [0.29, 0.717) is 0 Å². The summed E-state index contributed by atoms with van der Waals surface area (Å²) in [6.07, 6.45) is 2.03. The Kier molecular flexibility index (Phi) is 3.31. The first kappa shape index (κ1) is 12.3. The van der Waals surface area contributed by atoms with Crippen LogP contribution in [-0.2, 0) is 0 Å². The summed E-state index contributed by atoms with van der Waals surface area (Å²) in [5.41, 5.74) is 0.886. The Bertz CT molecular complexity index is 448. The second-order valence-electron chi connectivity index (χ2n) is 5.08. The molecule has 0 aromatic heterocycles. The van der Waals surface area contributed by atoms with Gasteiger partial charge in [-0.15, -0.1) is 0 Å². The van der Waals surface area contributed by atoms with Gasteiger partial charge in [-0.2, -0.15) is 5.26 Å². The molecule has 0 spiro atoms. The van der Waals surface area contributed by atoms with E-state index >= 15 is 0 Å². The van der Waals surface area contributed by atoms with Crippen molar-refractivity contribution in [2.45, 2.75) is 32.2 Å². The third-order valence-corrected chi connectivity index (χ3v) is 4.04. The zero-order valence-electron chi connectivity index (χ0n) is 10.3. The van der Waals surface area contributed by atoms with E-state index in [1.807, 2.05) is 24.3 Å². The largest absolute Gasteiger partial charge is 0.364 e. The molecule has 0 bridgehead atoms. The van der Waals surface area contributed by atoms with E-state index in [9.17, 15) is 5.26 Å². The predicted molar refractivity (Wildman–Crippen MR) is 71.2 cm³/mol. The summed E-state index contributed by atoms with van der Waals surface area (Å²) in [7, 11) is 0. The first-order valence-corrected chi connectivity index (χ1v) is 6.37. The fourth-order valence-electron chi connectivity index (χ4n) is 2.61. The molecule has 90 valence electrons. The van der Waals surface area contributed by atoms with Crippen LogP contribution in [0.4, 0.5) is 5.69 Å². The second kappa shape index (κ2) is 4.58. The average Bonchev–Trinajstić information content (AvgIpc) is 2.30. The summed E-state index contributed by atoms with van der Waals surface area (Å²) in [5, 5.41) is 10.0. The molecule has 1 heterocycles. The number of halogens is 1. The topological polar surface area (TPSA) is 27.0 Å². The Morgan fingerprint density at radius 3 is 2.76 bits per heavy atom. The molecule has 0 radical (unpaired) electrons. The molecule has 0 amide bonds. The van der Waals surface area contributed by atoms with Gasteiger partial charge >= 0.3 is 0 Å². The lowest BCUT2D eigenvalue weighted by Gasteiger charge is -2.47. The van der Waals surface area contributed by atoms with Gasteiger partial charge in [0.15, 0.2) is 0 Å². The van der Waals surface area contributed by atoms with Crippen molar-refractivity contribution in [2.24, 2.45) is 5.92 Å². The first-order chi connectivity index (χ1) is 8.07. The van der Waals surface area contributed by atoms with Gasteiger partial charge in [0.2, 0.25) is 0 Å². The second-order valence-corrected chi connectivity index (χ2v) is 5.49. The number of piperidine rings is 1. The van der Waals surface area contributed by atoms with E-state index in [0.717, 1.165) is 30.1 Å². The minimum Gasteiger partial charge on any atom is -0.364 e. The van der Waals surface area contributed by atoms with Crippen molar-refractivity contribution in [1.29, 1.82) is 5.26 Å². The Labute approximate surface area is 108 Å². The molecule has 3 heteroatoms. The van der Waals surface area contributed by atoms with Crippen molar-refractivity contribution in [3.63, 3.8) is 0 Å². The van der Waals surface area contributed by atoms with Gasteiger partial charge in [0.25, 0.3) is 0 Å². The highest BCUT2D eigenvalue weighted by molar-refractivity contribution is 6.33. The van der Waals surface area contributed by atoms with Crippen molar-refractivity contribution < 1.29 is 0 Å². The Hall–Kier alpha value is -1.20. The van der Waals surface area contributed by atoms with Crippen LogP contribution in [-0.4, -0.2) is 12.1 Å². The number of benzene rings is 1. The highest BCUT2D eigenvalue weighted by Gasteiger charge is 2.39. The summed E-state index contributed by atoms with van der Waals surface area (Å²) in [6.45, 7) is 5.22. The van der Waals surface area contributed by atoms with Crippen molar-refractivity contribution in [3.05, 3.63) is 29.3 Å². The van der Waals surface area contributed by atoms with Gasteiger partial charge in [-0.05, 0) is 38.8 Å². The highest BCUT2D eigenvalue weighted by Crippen LogP contribution is 2.39. The SMILES string of the molecule is CC1(C)C(C#N)CCCN1c1ccccc1Cl. The van der Waals surface area contributed by atoms with Crippen LogP contribution < -0.4 is 4.90 Å². The van der Waals surface area contributed by atoms with Crippen LogP contribution in [0.3, 0.4) is 0 Å². The zero-order chi connectivity index (χ0) is 12.5. The molecule has 0 saturated carbocycles. The smallest absolute Gasteiger partial charge is 0.0690 e. The summed E-state index contributed by atoms with van der Waals surface area (Å²) in [6, 6.07) is 10.3. The lowest BCUT2D eigenvalue weighted by atomic mass is 9.79. The number of para-hydroxylation sites is 1.